The maximum Gasteiger partial charge on any atom is 0.389 e. The molecule has 0 heterocycles. The number of ketones is 1. The number of ether oxygens (including phenoxy) is 1. The van der Waals surface area contributed by atoms with Gasteiger partial charge in [0.25, 0.3) is 0 Å². The molecule has 0 radical (unpaired) electrons. The van der Waals surface area contributed by atoms with Crippen molar-refractivity contribution in [2.24, 2.45) is 0 Å². The van der Waals surface area contributed by atoms with Gasteiger partial charge in [0.15, 0.2) is 5.78 Å². The van der Waals surface area contributed by atoms with Gasteiger partial charge < -0.3 is 4.74 Å². The number of carbonyl (C=O) groups excluding carboxylic acids is 1. The van der Waals surface area contributed by atoms with E-state index in [9.17, 15) is 22.4 Å². The van der Waals surface area contributed by atoms with Gasteiger partial charge in [-0.25, -0.2) is 4.39 Å². The van der Waals surface area contributed by atoms with Crippen LogP contribution in [0, 0.1) is 5.82 Å². The average Bonchev–Trinajstić information content (AvgIpc) is 2.27. The van der Waals surface area contributed by atoms with Crippen molar-refractivity contribution in [3.8, 4) is 0 Å². The number of hydrogen-bond donors (Lipinski definition) is 0. The maximum absolute atomic E-state index is 13.1. The highest BCUT2D eigenvalue weighted by Crippen LogP contribution is 2.21. The first-order valence-corrected chi connectivity index (χ1v) is 5.32. The van der Waals surface area contributed by atoms with Gasteiger partial charge in [0.1, 0.15) is 12.4 Å². The van der Waals surface area contributed by atoms with Crippen molar-refractivity contribution in [3.63, 3.8) is 0 Å². The fraction of sp³-hybridized carbons (Fsp3) is 0.417. The topological polar surface area (TPSA) is 26.3 Å². The minimum atomic E-state index is -4.22. The maximum atomic E-state index is 13.1. The lowest BCUT2D eigenvalue weighted by molar-refractivity contribution is -0.137. The Morgan fingerprint density at radius 3 is 2.50 bits per heavy atom. The zero-order valence-electron chi connectivity index (χ0n) is 9.47. The van der Waals surface area contributed by atoms with Gasteiger partial charge in [-0.05, 0) is 18.6 Å². The van der Waals surface area contributed by atoms with Crippen LogP contribution in [0.5, 0.6) is 0 Å². The molecule has 0 aliphatic heterocycles. The Labute approximate surface area is 102 Å². The smallest absolute Gasteiger partial charge is 0.373 e. The standard InChI is InChI=1S/C12H12F4O2/c13-10-5-2-1-4-9(10)11(17)8-18-7-3-6-12(14,15)16/h1-2,4-5H,3,6-8H2. The quantitative estimate of drug-likeness (QED) is 0.447. The Hall–Kier alpha value is -1.43. The van der Waals surface area contributed by atoms with Crippen LogP contribution in [-0.2, 0) is 4.74 Å². The highest BCUT2D eigenvalue weighted by molar-refractivity contribution is 5.97. The van der Waals surface area contributed by atoms with E-state index in [1.54, 1.807) is 0 Å². The summed E-state index contributed by atoms with van der Waals surface area (Å²) in [5.41, 5.74) is -0.117. The molecule has 0 bridgehead atoms. The number of alkyl halides is 3. The summed E-state index contributed by atoms with van der Waals surface area (Å²) in [6.45, 7) is -0.599. The lowest BCUT2D eigenvalue weighted by Gasteiger charge is -2.06. The third-order valence-electron chi connectivity index (χ3n) is 2.16. The number of Topliss-reactive ketones (excluding diaryl/α,β-unsaturated/α-hetero) is 1. The van der Waals surface area contributed by atoms with Crippen LogP contribution in [0.1, 0.15) is 23.2 Å². The average molecular weight is 264 g/mol. The van der Waals surface area contributed by atoms with Crippen molar-refractivity contribution in [1.82, 2.24) is 0 Å². The largest absolute Gasteiger partial charge is 0.389 e. The molecule has 1 aromatic carbocycles. The van der Waals surface area contributed by atoms with E-state index < -0.39 is 30.8 Å². The van der Waals surface area contributed by atoms with Crippen LogP contribution >= 0.6 is 0 Å². The highest BCUT2D eigenvalue weighted by atomic mass is 19.4. The van der Waals surface area contributed by atoms with Crippen LogP contribution in [0.4, 0.5) is 17.6 Å². The molecular formula is C12H12F4O2. The molecule has 6 heteroatoms. The molecule has 18 heavy (non-hydrogen) atoms. The Balaban J connectivity index is 2.28. The summed E-state index contributed by atoms with van der Waals surface area (Å²) >= 11 is 0. The second-order valence-corrected chi connectivity index (χ2v) is 3.67. The summed E-state index contributed by atoms with van der Waals surface area (Å²) in [4.78, 5) is 11.4. The van der Waals surface area contributed by atoms with Gasteiger partial charge in [0.2, 0.25) is 0 Å². The van der Waals surface area contributed by atoms with E-state index in [0.29, 0.717) is 0 Å². The molecule has 0 aliphatic carbocycles. The van der Waals surface area contributed by atoms with Crippen molar-refractivity contribution in [2.45, 2.75) is 19.0 Å². The number of carbonyl (C=O) groups is 1. The molecule has 0 amide bonds. The summed E-state index contributed by atoms with van der Waals surface area (Å²) in [5, 5.41) is 0. The van der Waals surface area contributed by atoms with Crippen LogP contribution < -0.4 is 0 Å². The number of benzene rings is 1. The van der Waals surface area contributed by atoms with Crippen LogP contribution in [0.15, 0.2) is 24.3 Å². The summed E-state index contributed by atoms with van der Waals surface area (Å²) in [7, 11) is 0. The van der Waals surface area contributed by atoms with Gasteiger partial charge in [-0.3, -0.25) is 4.79 Å². The Kier molecular flexibility index (Phi) is 5.27. The minimum Gasteiger partial charge on any atom is -0.373 e. The predicted molar refractivity (Wildman–Crippen MR) is 56.8 cm³/mol. The second-order valence-electron chi connectivity index (χ2n) is 3.67. The van der Waals surface area contributed by atoms with Crippen molar-refractivity contribution in [2.75, 3.05) is 13.2 Å². The van der Waals surface area contributed by atoms with E-state index in [1.807, 2.05) is 0 Å². The molecular weight excluding hydrogens is 252 g/mol. The summed E-state index contributed by atoms with van der Waals surface area (Å²) < 4.78 is 53.3. The van der Waals surface area contributed by atoms with Gasteiger partial charge >= 0.3 is 6.18 Å². The summed E-state index contributed by atoms with van der Waals surface area (Å²) in [6, 6.07) is 5.38. The molecule has 0 saturated heterocycles. The first-order valence-electron chi connectivity index (χ1n) is 5.32. The predicted octanol–water partition coefficient (Wildman–Crippen LogP) is 3.37. The van der Waals surface area contributed by atoms with E-state index in [1.165, 1.54) is 18.2 Å². The third kappa shape index (κ3) is 5.27. The Morgan fingerprint density at radius 2 is 1.89 bits per heavy atom. The Bertz CT molecular complexity index is 401. The lowest BCUT2D eigenvalue weighted by atomic mass is 10.1. The Morgan fingerprint density at radius 1 is 1.22 bits per heavy atom. The molecule has 0 spiro atoms. The van der Waals surface area contributed by atoms with Gasteiger partial charge in [-0.2, -0.15) is 13.2 Å². The van der Waals surface area contributed by atoms with Crippen molar-refractivity contribution >= 4 is 5.78 Å². The normalized spacial score (nSPS) is 11.6. The van der Waals surface area contributed by atoms with E-state index in [2.05, 4.69) is 0 Å². The molecule has 100 valence electrons. The zero-order chi connectivity index (χ0) is 13.6. The van der Waals surface area contributed by atoms with Crippen molar-refractivity contribution < 1.29 is 27.1 Å². The molecule has 0 saturated carbocycles. The van der Waals surface area contributed by atoms with Crippen LogP contribution in [0.25, 0.3) is 0 Å². The van der Waals surface area contributed by atoms with E-state index >= 15 is 0 Å². The number of halogens is 4. The molecule has 1 rings (SSSR count). The minimum absolute atomic E-state index is 0.117. The van der Waals surface area contributed by atoms with E-state index in [-0.39, 0.29) is 18.6 Å². The summed E-state index contributed by atoms with van der Waals surface area (Å²) in [6.07, 6.45) is -5.39. The van der Waals surface area contributed by atoms with Gasteiger partial charge in [-0.1, -0.05) is 12.1 Å². The third-order valence-corrected chi connectivity index (χ3v) is 2.16. The first kappa shape index (κ1) is 14.6. The van der Waals surface area contributed by atoms with Crippen LogP contribution in [0.3, 0.4) is 0 Å². The van der Waals surface area contributed by atoms with Crippen molar-refractivity contribution in [3.05, 3.63) is 35.6 Å². The number of rotatable bonds is 6. The molecule has 0 aliphatic rings. The number of hydrogen-bond acceptors (Lipinski definition) is 2. The van der Waals surface area contributed by atoms with Crippen molar-refractivity contribution in [1.29, 1.82) is 0 Å². The lowest BCUT2D eigenvalue weighted by Crippen LogP contribution is -2.13. The van der Waals surface area contributed by atoms with Crippen LogP contribution in [0.2, 0.25) is 0 Å². The SMILES string of the molecule is O=C(COCCCC(F)(F)F)c1ccccc1F. The molecule has 0 N–H and O–H groups in total. The zero-order valence-corrected chi connectivity index (χ0v) is 9.47. The van der Waals surface area contributed by atoms with Gasteiger partial charge in [-0.15, -0.1) is 0 Å². The molecule has 0 atom stereocenters. The van der Waals surface area contributed by atoms with Gasteiger partial charge in [0.05, 0.1) is 5.56 Å². The molecule has 1 aromatic rings. The van der Waals surface area contributed by atoms with E-state index in [4.69, 9.17) is 4.74 Å². The highest BCUT2D eigenvalue weighted by Gasteiger charge is 2.26. The fourth-order valence-electron chi connectivity index (χ4n) is 1.30. The van der Waals surface area contributed by atoms with Crippen LogP contribution in [-0.4, -0.2) is 25.2 Å². The van der Waals surface area contributed by atoms with E-state index in [0.717, 1.165) is 6.07 Å². The fourth-order valence-corrected chi connectivity index (χ4v) is 1.30. The monoisotopic (exact) mass is 264 g/mol. The summed E-state index contributed by atoms with van der Waals surface area (Å²) in [5.74, 6) is -1.25. The first-order chi connectivity index (χ1) is 8.40. The molecule has 0 fully saturated rings. The molecule has 2 nitrogen and oxygen atoms in total. The van der Waals surface area contributed by atoms with Gasteiger partial charge in [0, 0.05) is 13.0 Å². The second kappa shape index (κ2) is 6.49. The molecule has 0 unspecified atom stereocenters. The molecule has 0 aromatic heterocycles.